The second kappa shape index (κ2) is 8.96. The minimum atomic E-state index is -0.391. The van der Waals surface area contributed by atoms with Gasteiger partial charge in [-0.3, -0.25) is 4.79 Å². The normalized spacial score (nSPS) is 10.7. The monoisotopic (exact) mass is 350 g/mol. The molecule has 1 amide bonds. The molecule has 2 aromatic rings. The van der Waals surface area contributed by atoms with E-state index in [0.29, 0.717) is 12.1 Å². The van der Waals surface area contributed by atoms with E-state index in [9.17, 15) is 4.79 Å². The predicted molar refractivity (Wildman–Crippen MR) is 100 cm³/mol. The Kier molecular flexibility index (Phi) is 7.62. The van der Waals surface area contributed by atoms with E-state index in [0.717, 1.165) is 10.6 Å². The van der Waals surface area contributed by atoms with Gasteiger partial charge in [-0.15, -0.1) is 24.2 Å². The van der Waals surface area contributed by atoms with Crippen LogP contribution in [0.15, 0.2) is 59.5 Å². The van der Waals surface area contributed by atoms with Crippen LogP contribution in [0.5, 0.6) is 0 Å². The average Bonchev–Trinajstić information content (AvgIpc) is 2.54. The second-order valence-corrected chi connectivity index (χ2v) is 6.89. The third-order valence-electron chi connectivity index (χ3n) is 3.33. The molecule has 124 valence electrons. The summed E-state index contributed by atoms with van der Waals surface area (Å²) >= 11 is 1.76. The maximum Gasteiger partial charge on any atom is 0.251 e. The molecule has 0 saturated heterocycles. The van der Waals surface area contributed by atoms with E-state index < -0.39 is 5.54 Å². The van der Waals surface area contributed by atoms with E-state index >= 15 is 0 Å². The highest BCUT2D eigenvalue weighted by Crippen LogP contribution is 2.23. The molecule has 0 aliphatic carbocycles. The highest BCUT2D eigenvalue weighted by atomic mass is 35.5. The molecule has 0 heterocycles. The van der Waals surface area contributed by atoms with Gasteiger partial charge in [0.15, 0.2) is 0 Å². The zero-order chi connectivity index (χ0) is 16.0. The minimum Gasteiger partial charge on any atom is -0.346 e. The van der Waals surface area contributed by atoms with Crippen LogP contribution in [-0.2, 0) is 5.75 Å². The molecule has 0 aliphatic heterocycles. The maximum atomic E-state index is 12.1. The van der Waals surface area contributed by atoms with Gasteiger partial charge in [0.2, 0.25) is 0 Å². The number of halogens is 1. The first-order chi connectivity index (χ1) is 10.5. The van der Waals surface area contributed by atoms with Crippen molar-refractivity contribution in [2.75, 3.05) is 6.54 Å². The number of nitrogens with two attached hydrogens (primary N) is 1. The molecule has 5 heteroatoms. The quantitative estimate of drug-likeness (QED) is 0.777. The first-order valence-electron chi connectivity index (χ1n) is 7.29. The van der Waals surface area contributed by atoms with Crippen LogP contribution in [0, 0.1) is 0 Å². The first kappa shape index (κ1) is 19.6. The lowest BCUT2D eigenvalue weighted by Crippen LogP contribution is -2.48. The molecule has 0 fully saturated rings. The standard InChI is InChI=1S/C18H22N2OS.ClH/c1-18(2,13-19)20-17(21)15-8-10-16(11-9-15)22-12-14-6-4-3-5-7-14;/h3-11H,12-13,19H2,1-2H3,(H,20,21);1H. The molecule has 2 aromatic carbocycles. The maximum absolute atomic E-state index is 12.1. The summed E-state index contributed by atoms with van der Waals surface area (Å²) in [6, 6.07) is 18.0. The summed E-state index contributed by atoms with van der Waals surface area (Å²) in [6.07, 6.45) is 0. The Balaban J connectivity index is 0.00000264. The molecule has 0 atom stereocenters. The van der Waals surface area contributed by atoms with Gasteiger partial charge in [0.25, 0.3) is 5.91 Å². The molecule has 0 saturated carbocycles. The third kappa shape index (κ3) is 6.26. The Hall–Kier alpha value is -1.49. The zero-order valence-electron chi connectivity index (χ0n) is 13.4. The number of thioether (sulfide) groups is 1. The van der Waals surface area contributed by atoms with Crippen LogP contribution < -0.4 is 11.1 Å². The number of benzene rings is 2. The van der Waals surface area contributed by atoms with Gasteiger partial charge in [-0.05, 0) is 43.7 Å². The fourth-order valence-electron chi connectivity index (χ4n) is 1.87. The van der Waals surface area contributed by atoms with E-state index in [4.69, 9.17) is 5.73 Å². The number of carbonyl (C=O) groups is 1. The topological polar surface area (TPSA) is 55.1 Å². The van der Waals surface area contributed by atoms with Crippen molar-refractivity contribution in [1.82, 2.24) is 5.32 Å². The summed E-state index contributed by atoms with van der Waals surface area (Å²) in [6.45, 7) is 4.23. The molecule has 0 spiro atoms. The fraction of sp³-hybridized carbons (Fsp3) is 0.278. The van der Waals surface area contributed by atoms with Crippen LogP contribution in [-0.4, -0.2) is 18.0 Å². The zero-order valence-corrected chi connectivity index (χ0v) is 15.0. The van der Waals surface area contributed by atoms with Crippen molar-refractivity contribution in [3.63, 3.8) is 0 Å². The van der Waals surface area contributed by atoms with Gasteiger partial charge in [-0.1, -0.05) is 30.3 Å². The molecule has 23 heavy (non-hydrogen) atoms. The molecule has 0 radical (unpaired) electrons. The van der Waals surface area contributed by atoms with Crippen molar-refractivity contribution in [1.29, 1.82) is 0 Å². The number of carbonyl (C=O) groups excluding carboxylic acids is 1. The largest absolute Gasteiger partial charge is 0.346 e. The van der Waals surface area contributed by atoms with Crippen LogP contribution in [0.3, 0.4) is 0 Å². The van der Waals surface area contributed by atoms with Crippen LogP contribution in [0.25, 0.3) is 0 Å². The highest BCUT2D eigenvalue weighted by molar-refractivity contribution is 7.98. The number of rotatable bonds is 6. The Morgan fingerprint density at radius 1 is 1.09 bits per heavy atom. The summed E-state index contributed by atoms with van der Waals surface area (Å²) in [7, 11) is 0. The van der Waals surface area contributed by atoms with Crippen LogP contribution in [0.2, 0.25) is 0 Å². The smallest absolute Gasteiger partial charge is 0.251 e. The van der Waals surface area contributed by atoms with E-state index in [1.165, 1.54) is 5.56 Å². The van der Waals surface area contributed by atoms with E-state index in [1.807, 2.05) is 56.3 Å². The SMILES string of the molecule is CC(C)(CN)NC(=O)c1ccc(SCc2ccccc2)cc1.Cl. The lowest BCUT2D eigenvalue weighted by atomic mass is 10.1. The van der Waals surface area contributed by atoms with Gasteiger partial charge in [0.1, 0.15) is 0 Å². The molecule has 3 N–H and O–H groups in total. The van der Waals surface area contributed by atoms with E-state index in [2.05, 4.69) is 17.4 Å². The minimum absolute atomic E-state index is 0. The van der Waals surface area contributed by atoms with Gasteiger partial charge in [-0.2, -0.15) is 0 Å². The molecule has 0 unspecified atom stereocenters. The van der Waals surface area contributed by atoms with Gasteiger partial charge >= 0.3 is 0 Å². The Morgan fingerprint density at radius 3 is 2.26 bits per heavy atom. The van der Waals surface area contributed by atoms with Gasteiger partial charge < -0.3 is 11.1 Å². The van der Waals surface area contributed by atoms with Gasteiger partial charge in [-0.25, -0.2) is 0 Å². The molecule has 2 rings (SSSR count). The second-order valence-electron chi connectivity index (χ2n) is 5.84. The Bertz CT molecular complexity index is 615. The average molecular weight is 351 g/mol. The number of hydrogen-bond donors (Lipinski definition) is 2. The van der Waals surface area contributed by atoms with Crippen molar-refractivity contribution in [3.8, 4) is 0 Å². The summed E-state index contributed by atoms with van der Waals surface area (Å²) in [5.41, 5.74) is 7.19. The van der Waals surface area contributed by atoms with Crippen molar-refractivity contribution >= 4 is 30.1 Å². The fourth-order valence-corrected chi connectivity index (χ4v) is 2.73. The van der Waals surface area contributed by atoms with E-state index in [-0.39, 0.29) is 18.3 Å². The van der Waals surface area contributed by atoms with Crippen molar-refractivity contribution in [3.05, 3.63) is 65.7 Å². The molecule has 3 nitrogen and oxygen atoms in total. The number of amides is 1. The summed E-state index contributed by atoms with van der Waals surface area (Å²) in [5, 5.41) is 2.93. The van der Waals surface area contributed by atoms with Gasteiger partial charge in [0, 0.05) is 28.3 Å². The van der Waals surface area contributed by atoms with Crippen LogP contribution in [0.1, 0.15) is 29.8 Å². The highest BCUT2D eigenvalue weighted by Gasteiger charge is 2.18. The lowest BCUT2D eigenvalue weighted by molar-refractivity contribution is 0.0915. The number of nitrogens with one attached hydrogen (secondary N) is 1. The molecule has 0 aliphatic rings. The summed E-state index contributed by atoms with van der Waals surface area (Å²) in [5.74, 6) is 0.835. The predicted octanol–water partition coefficient (Wildman–Crippen LogP) is 3.87. The van der Waals surface area contributed by atoms with E-state index in [1.54, 1.807) is 11.8 Å². The number of hydrogen-bond acceptors (Lipinski definition) is 3. The van der Waals surface area contributed by atoms with Crippen molar-refractivity contribution < 1.29 is 4.79 Å². The molecule has 0 bridgehead atoms. The summed E-state index contributed by atoms with van der Waals surface area (Å²) in [4.78, 5) is 13.3. The third-order valence-corrected chi connectivity index (χ3v) is 4.41. The summed E-state index contributed by atoms with van der Waals surface area (Å²) < 4.78 is 0. The van der Waals surface area contributed by atoms with Crippen LogP contribution >= 0.6 is 24.2 Å². The first-order valence-corrected chi connectivity index (χ1v) is 8.28. The van der Waals surface area contributed by atoms with Gasteiger partial charge in [0.05, 0.1) is 0 Å². The molecule has 0 aromatic heterocycles. The lowest BCUT2D eigenvalue weighted by Gasteiger charge is -2.24. The van der Waals surface area contributed by atoms with Crippen molar-refractivity contribution in [2.24, 2.45) is 5.73 Å². The van der Waals surface area contributed by atoms with Crippen molar-refractivity contribution in [2.45, 2.75) is 30.0 Å². The van der Waals surface area contributed by atoms with Crippen LogP contribution in [0.4, 0.5) is 0 Å². The molecular weight excluding hydrogens is 328 g/mol. The Morgan fingerprint density at radius 2 is 1.70 bits per heavy atom. The molecular formula is C18H23ClN2OS. The Labute approximate surface area is 148 Å².